The van der Waals surface area contributed by atoms with E-state index in [1.165, 1.54) is 23.3 Å². The molecule has 5 nitrogen and oxygen atoms in total. The first-order valence-electron chi connectivity index (χ1n) is 10.6. The Bertz CT molecular complexity index is 859. The predicted octanol–water partition coefficient (Wildman–Crippen LogP) is 3.45. The van der Waals surface area contributed by atoms with Crippen LogP contribution in [-0.4, -0.2) is 52.6 Å². The standard InChI is InChI=1S/C21H32N4OS/c1-4-24(5-2)14-18-22-20-19(16-8-6-7-9-17(16)27-20)21(26)25(18)15-10-12-23(3)13-11-15/h15H,4-14H2,1-3H3. The summed E-state index contributed by atoms with van der Waals surface area (Å²) in [5.41, 5.74) is 1.55. The van der Waals surface area contributed by atoms with Gasteiger partial charge in [-0.25, -0.2) is 4.98 Å². The molecule has 0 radical (unpaired) electrons. The predicted molar refractivity (Wildman–Crippen MR) is 113 cm³/mol. The number of thiophene rings is 1. The molecular formula is C21H32N4OS. The molecule has 148 valence electrons. The molecule has 4 rings (SSSR count). The molecule has 0 atom stereocenters. The Labute approximate surface area is 166 Å². The second-order valence-corrected chi connectivity index (χ2v) is 9.17. The van der Waals surface area contributed by atoms with Gasteiger partial charge in [-0.1, -0.05) is 13.8 Å². The van der Waals surface area contributed by atoms with Gasteiger partial charge in [0.05, 0.1) is 11.9 Å². The Morgan fingerprint density at radius 1 is 1.15 bits per heavy atom. The minimum atomic E-state index is 0.233. The van der Waals surface area contributed by atoms with Crippen LogP contribution in [0.5, 0.6) is 0 Å². The van der Waals surface area contributed by atoms with Crippen LogP contribution in [-0.2, 0) is 19.4 Å². The van der Waals surface area contributed by atoms with Crippen LogP contribution in [0.4, 0.5) is 0 Å². The maximum Gasteiger partial charge on any atom is 0.262 e. The first-order valence-corrected chi connectivity index (χ1v) is 11.4. The Morgan fingerprint density at radius 3 is 2.56 bits per heavy atom. The van der Waals surface area contributed by atoms with Gasteiger partial charge in [-0.05, 0) is 77.3 Å². The largest absolute Gasteiger partial charge is 0.306 e. The molecule has 0 spiro atoms. The van der Waals surface area contributed by atoms with Crippen molar-refractivity contribution in [3.63, 3.8) is 0 Å². The van der Waals surface area contributed by atoms with Gasteiger partial charge in [0, 0.05) is 10.9 Å². The second-order valence-electron chi connectivity index (χ2n) is 8.09. The molecule has 0 N–H and O–H groups in total. The topological polar surface area (TPSA) is 41.4 Å². The summed E-state index contributed by atoms with van der Waals surface area (Å²) in [7, 11) is 2.17. The van der Waals surface area contributed by atoms with E-state index in [0.29, 0.717) is 0 Å². The van der Waals surface area contributed by atoms with Crippen molar-refractivity contribution >= 4 is 21.6 Å². The molecular weight excluding hydrogens is 356 g/mol. The molecule has 0 saturated carbocycles. The fourth-order valence-corrected chi connectivity index (χ4v) is 5.92. The molecule has 1 aliphatic heterocycles. The first-order chi connectivity index (χ1) is 13.1. The zero-order chi connectivity index (χ0) is 19.0. The van der Waals surface area contributed by atoms with Crippen molar-refractivity contribution in [1.29, 1.82) is 0 Å². The highest BCUT2D eigenvalue weighted by Gasteiger charge is 2.27. The first kappa shape index (κ1) is 19.1. The Morgan fingerprint density at radius 2 is 1.85 bits per heavy atom. The van der Waals surface area contributed by atoms with Gasteiger partial charge in [-0.15, -0.1) is 11.3 Å². The van der Waals surface area contributed by atoms with Gasteiger partial charge in [0.25, 0.3) is 5.56 Å². The quantitative estimate of drug-likeness (QED) is 0.787. The fraction of sp³-hybridized carbons (Fsp3) is 0.714. The molecule has 3 heterocycles. The number of fused-ring (bicyclic) bond motifs is 3. The minimum absolute atomic E-state index is 0.233. The Kier molecular flexibility index (Phi) is 5.67. The van der Waals surface area contributed by atoms with Crippen LogP contribution in [0.2, 0.25) is 0 Å². The van der Waals surface area contributed by atoms with Gasteiger partial charge in [-0.2, -0.15) is 0 Å². The molecule has 0 bridgehead atoms. The summed E-state index contributed by atoms with van der Waals surface area (Å²) in [6.45, 7) is 9.22. The van der Waals surface area contributed by atoms with E-state index < -0.39 is 0 Å². The molecule has 0 aromatic carbocycles. The lowest BCUT2D eigenvalue weighted by atomic mass is 9.97. The van der Waals surface area contributed by atoms with Crippen LogP contribution in [0.1, 0.15) is 61.8 Å². The Hall–Kier alpha value is -1.24. The monoisotopic (exact) mass is 388 g/mol. The van der Waals surface area contributed by atoms with E-state index in [-0.39, 0.29) is 11.6 Å². The number of aromatic nitrogens is 2. The number of hydrogen-bond acceptors (Lipinski definition) is 5. The summed E-state index contributed by atoms with van der Waals surface area (Å²) in [6, 6.07) is 0.287. The van der Waals surface area contributed by atoms with E-state index in [9.17, 15) is 4.79 Å². The van der Waals surface area contributed by atoms with Crippen LogP contribution in [0.15, 0.2) is 4.79 Å². The third kappa shape index (κ3) is 3.59. The van der Waals surface area contributed by atoms with Crippen molar-refractivity contribution in [1.82, 2.24) is 19.4 Å². The van der Waals surface area contributed by atoms with Crippen LogP contribution in [0.25, 0.3) is 10.2 Å². The van der Waals surface area contributed by atoms with Gasteiger partial charge < -0.3 is 4.90 Å². The molecule has 1 fully saturated rings. The number of hydrogen-bond donors (Lipinski definition) is 0. The second kappa shape index (κ2) is 8.02. The molecule has 0 amide bonds. The van der Waals surface area contributed by atoms with Crippen molar-refractivity contribution < 1.29 is 0 Å². The molecule has 1 saturated heterocycles. The summed E-state index contributed by atoms with van der Waals surface area (Å²) < 4.78 is 2.09. The SMILES string of the molecule is CCN(CC)Cc1nc2sc3c(c2c(=O)n1C1CCN(C)CC1)CCCC3. The lowest BCUT2D eigenvalue weighted by Gasteiger charge is -2.32. The highest BCUT2D eigenvalue weighted by Crippen LogP contribution is 2.34. The van der Waals surface area contributed by atoms with E-state index in [1.807, 2.05) is 0 Å². The maximum absolute atomic E-state index is 13.7. The van der Waals surface area contributed by atoms with E-state index in [4.69, 9.17) is 4.98 Å². The molecule has 2 aliphatic rings. The number of aryl methyl sites for hydroxylation is 2. The maximum atomic E-state index is 13.7. The zero-order valence-electron chi connectivity index (χ0n) is 17.0. The molecule has 1 aliphatic carbocycles. The molecule has 6 heteroatoms. The summed E-state index contributed by atoms with van der Waals surface area (Å²) >= 11 is 1.77. The number of nitrogens with zero attached hydrogens (tertiary/aromatic N) is 4. The highest BCUT2D eigenvalue weighted by molar-refractivity contribution is 7.18. The smallest absolute Gasteiger partial charge is 0.262 e. The summed E-state index contributed by atoms with van der Waals surface area (Å²) in [4.78, 5) is 25.9. The lowest BCUT2D eigenvalue weighted by Crippen LogP contribution is -2.38. The highest BCUT2D eigenvalue weighted by atomic mass is 32.1. The van der Waals surface area contributed by atoms with Crippen LogP contribution in [0.3, 0.4) is 0 Å². The van der Waals surface area contributed by atoms with Gasteiger partial charge >= 0.3 is 0 Å². The van der Waals surface area contributed by atoms with Gasteiger partial charge in [0.2, 0.25) is 0 Å². The van der Waals surface area contributed by atoms with Crippen molar-refractivity contribution in [2.45, 2.75) is 65.0 Å². The van der Waals surface area contributed by atoms with Crippen molar-refractivity contribution in [2.24, 2.45) is 0 Å². The van der Waals surface area contributed by atoms with Gasteiger partial charge in [-0.3, -0.25) is 14.3 Å². The molecule has 27 heavy (non-hydrogen) atoms. The van der Waals surface area contributed by atoms with Crippen molar-refractivity contribution in [3.05, 3.63) is 26.6 Å². The fourth-order valence-electron chi connectivity index (χ4n) is 4.65. The van der Waals surface area contributed by atoms with Crippen molar-refractivity contribution in [2.75, 3.05) is 33.2 Å². The third-order valence-electron chi connectivity index (χ3n) is 6.41. The van der Waals surface area contributed by atoms with E-state index in [2.05, 4.69) is 35.3 Å². The summed E-state index contributed by atoms with van der Waals surface area (Å²) in [6.07, 6.45) is 6.70. The summed E-state index contributed by atoms with van der Waals surface area (Å²) in [5, 5.41) is 0.942. The third-order valence-corrected chi connectivity index (χ3v) is 7.59. The van der Waals surface area contributed by atoms with Crippen molar-refractivity contribution in [3.8, 4) is 0 Å². The van der Waals surface area contributed by atoms with Gasteiger partial charge in [0.15, 0.2) is 0 Å². The number of likely N-dealkylation sites (tertiary alicyclic amines) is 1. The zero-order valence-corrected chi connectivity index (χ0v) is 17.8. The van der Waals surface area contributed by atoms with E-state index >= 15 is 0 Å². The number of rotatable bonds is 5. The molecule has 0 unspecified atom stereocenters. The van der Waals surface area contributed by atoms with Crippen LogP contribution < -0.4 is 5.56 Å². The van der Waals surface area contributed by atoms with Crippen LogP contribution >= 0.6 is 11.3 Å². The average molecular weight is 389 g/mol. The molecule has 2 aromatic rings. The Balaban J connectivity index is 1.85. The average Bonchev–Trinajstić information content (AvgIpc) is 3.06. The van der Waals surface area contributed by atoms with Gasteiger partial charge in [0.1, 0.15) is 10.7 Å². The summed E-state index contributed by atoms with van der Waals surface area (Å²) in [5.74, 6) is 0.976. The number of piperidine rings is 1. The van der Waals surface area contributed by atoms with Crippen LogP contribution in [0, 0.1) is 0 Å². The molecule has 2 aromatic heterocycles. The minimum Gasteiger partial charge on any atom is -0.306 e. The normalized spacial score (nSPS) is 19.1. The van der Waals surface area contributed by atoms with E-state index in [0.717, 1.165) is 74.4 Å². The van der Waals surface area contributed by atoms with E-state index in [1.54, 1.807) is 11.3 Å². The lowest BCUT2D eigenvalue weighted by molar-refractivity contribution is 0.208.